The predicted octanol–water partition coefficient (Wildman–Crippen LogP) is 1.79. The second-order valence-corrected chi connectivity index (χ2v) is 6.80. The van der Waals surface area contributed by atoms with Crippen LogP contribution in [0.3, 0.4) is 0 Å². The zero-order valence-corrected chi connectivity index (χ0v) is 12.2. The number of imidazole rings is 1. The van der Waals surface area contributed by atoms with Gasteiger partial charge in [0.15, 0.2) is 0 Å². The van der Waals surface area contributed by atoms with E-state index in [-0.39, 0.29) is 0 Å². The molecular weight excluding hydrogens is 250 g/mol. The summed E-state index contributed by atoms with van der Waals surface area (Å²) in [5.74, 6) is 5.06. The van der Waals surface area contributed by atoms with Crippen LogP contribution in [0.1, 0.15) is 12.7 Å². The maximum Gasteiger partial charge on any atom is 0.109 e. The molecule has 0 aliphatic carbocycles. The average Bonchev–Trinajstić information content (AvgIpc) is 2.76. The molecule has 1 aromatic rings. The summed E-state index contributed by atoms with van der Waals surface area (Å²) in [4.78, 5) is 4.44. The molecule has 1 saturated heterocycles. The van der Waals surface area contributed by atoms with Crippen LogP contribution in [0.15, 0.2) is 12.4 Å². The summed E-state index contributed by atoms with van der Waals surface area (Å²) < 4.78 is 2.13. The number of aryl methyl sites for hydroxylation is 1. The van der Waals surface area contributed by atoms with Crippen LogP contribution in [-0.2, 0) is 13.5 Å². The van der Waals surface area contributed by atoms with E-state index in [1.165, 1.54) is 23.1 Å². The van der Waals surface area contributed by atoms with Crippen LogP contribution in [0.25, 0.3) is 0 Å². The third-order valence-corrected chi connectivity index (χ3v) is 6.00. The number of nitrogens with zero attached hydrogens (tertiary/aromatic N) is 2. The number of thioether (sulfide) groups is 2. The van der Waals surface area contributed by atoms with Crippen LogP contribution in [-0.4, -0.2) is 44.6 Å². The van der Waals surface area contributed by atoms with Gasteiger partial charge in [0.1, 0.15) is 5.82 Å². The Morgan fingerprint density at radius 3 is 3.06 bits per heavy atom. The Labute approximate surface area is 112 Å². The summed E-state index contributed by atoms with van der Waals surface area (Å²) in [5.41, 5.74) is 0. The Hall–Kier alpha value is -0.130. The van der Waals surface area contributed by atoms with Crippen molar-refractivity contribution in [1.29, 1.82) is 0 Å². The first-order valence-electron chi connectivity index (χ1n) is 6.20. The van der Waals surface area contributed by atoms with Crippen molar-refractivity contribution in [2.45, 2.75) is 24.6 Å². The molecule has 1 aliphatic heterocycles. The predicted molar refractivity (Wildman–Crippen MR) is 77.9 cm³/mol. The standard InChI is InChI=1S/C12H21N3S2/c1-3-13-10(11-9-16-6-7-17-11)8-12-14-4-5-15(12)2/h4-5,10-11,13H,3,6-9H2,1-2H3. The van der Waals surface area contributed by atoms with Gasteiger partial charge in [0.05, 0.1) is 0 Å². The van der Waals surface area contributed by atoms with Crippen molar-refractivity contribution in [2.75, 3.05) is 23.8 Å². The first kappa shape index (κ1) is 13.3. The van der Waals surface area contributed by atoms with Gasteiger partial charge in [0, 0.05) is 54.4 Å². The summed E-state index contributed by atoms with van der Waals surface area (Å²) in [6.07, 6.45) is 4.96. The van der Waals surface area contributed by atoms with Gasteiger partial charge < -0.3 is 9.88 Å². The van der Waals surface area contributed by atoms with Gasteiger partial charge in [0.2, 0.25) is 0 Å². The van der Waals surface area contributed by atoms with Gasteiger partial charge in [-0.25, -0.2) is 4.98 Å². The van der Waals surface area contributed by atoms with Crippen LogP contribution in [0.5, 0.6) is 0 Å². The molecule has 2 unspecified atom stereocenters. The Balaban J connectivity index is 1.98. The maximum absolute atomic E-state index is 4.44. The second kappa shape index (κ2) is 6.71. The van der Waals surface area contributed by atoms with Gasteiger partial charge in [-0.2, -0.15) is 23.5 Å². The van der Waals surface area contributed by atoms with E-state index in [9.17, 15) is 0 Å². The van der Waals surface area contributed by atoms with Gasteiger partial charge in [-0.05, 0) is 6.54 Å². The Bertz CT molecular complexity index is 334. The van der Waals surface area contributed by atoms with E-state index in [1.807, 2.05) is 12.4 Å². The fourth-order valence-corrected chi connectivity index (χ4v) is 5.01. The summed E-state index contributed by atoms with van der Waals surface area (Å²) in [6.45, 7) is 3.23. The van der Waals surface area contributed by atoms with E-state index >= 15 is 0 Å². The molecule has 0 spiro atoms. The smallest absolute Gasteiger partial charge is 0.109 e. The first-order chi connectivity index (χ1) is 8.31. The lowest BCUT2D eigenvalue weighted by atomic mass is 10.1. The third kappa shape index (κ3) is 3.66. The highest BCUT2D eigenvalue weighted by Gasteiger charge is 2.25. The van der Waals surface area contributed by atoms with Crippen LogP contribution in [0.2, 0.25) is 0 Å². The zero-order chi connectivity index (χ0) is 12.1. The fraction of sp³-hybridized carbons (Fsp3) is 0.750. The van der Waals surface area contributed by atoms with E-state index in [4.69, 9.17) is 0 Å². The normalized spacial score (nSPS) is 22.6. The van der Waals surface area contributed by atoms with Crippen LogP contribution in [0, 0.1) is 0 Å². The molecule has 0 aromatic carbocycles. The molecular formula is C12H21N3S2. The summed E-state index contributed by atoms with van der Waals surface area (Å²) in [7, 11) is 2.08. The minimum absolute atomic E-state index is 0.555. The summed E-state index contributed by atoms with van der Waals surface area (Å²) in [6, 6.07) is 0.555. The molecule has 5 heteroatoms. The van der Waals surface area contributed by atoms with Crippen molar-refractivity contribution in [1.82, 2.24) is 14.9 Å². The lowest BCUT2D eigenvalue weighted by Crippen LogP contribution is -2.43. The van der Waals surface area contributed by atoms with Crippen molar-refractivity contribution < 1.29 is 0 Å². The molecule has 0 amide bonds. The molecule has 96 valence electrons. The summed E-state index contributed by atoms with van der Waals surface area (Å²) in [5, 5.41) is 4.36. The highest BCUT2D eigenvalue weighted by molar-refractivity contribution is 8.06. The molecule has 1 N–H and O–H groups in total. The van der Waals surface area contributed by atoms with Gasteiger partial charge in [-0.3, -0.25) is 0 Å². The number of rotatable bonds is 5. The molecule has 0 bridgehead atoms. The highest BCUT2D eigenvalue weighted by atomic mass is 32.2. The quantitative estimate of drug-likeness (QED) is 0.884. The highest BCUT2D eigenvalue weighted by Crippen LogP contribution is 2.27. The third-order valence-electron chi connectivity index (χ3n) is 3.08. The van der Waals surface area contributed by atoms with Crippen LogP contribution >= 0.6 is 23.5 Å². The molecule has 0 radical (unpaired) electrons. The van der Waals surface area contributed by atoms with Gasteiger partial charge >= 0.3 is 0 Å². The van der Waals surface area contributed by atoms with E-state index in [0.717, 1.165) is 18.2 Å². The fourth-order valence-electron chi connectivity index (χ4n) is 2.13. The molecule has 3 nitrogen and oxygen atoms in total. The summed E-state index contributed by atoms with van der Waals surface area (Å²) >= 11 is 4.20. The number of hydrogen-bond acceptors (Lipinski definition) is 4. The zero-order valence-electron chi connectivity index (χ0n) is 10.6. The number of hydrogen-bond donors (Lipinski definition) is 1. The van der Waals surface area contributed by atoms with Crippen LogP contribution < -0.4 is 5.32 Å². The average molecular weight is 271 g/mol. The van der Waals surface area contributed by atoms with Gasteiger partial charge in [-0.1, -0.05) is 6.92 Å². The van der Waals surface area contributed by atoms with Crippen LogP contribution in [0.4, 0.5) is 0 Å². The Kier molecular flexibility index (Phi) is 5.25. The minimum atomic E-state index is 0.555. The van der Waals surface area contributed by atoms with E-state index in [0.29, 0.717) is 6.04 Å². The number of nitrogens with one attached hydrogen (secondary N) is 1. The molecule has 1 fully saturated rings. The molecule has 2 heterocycles. The molecule has 1 aliphatic rings. The molecule has 2 rings (SSSR count). The van der Waals surface area contributed by atoms with E-state index in [2.05, 4.69) is 52.4 Å². The van der Waals surface area contributed by atoms with Crippen molar-refractivity contribution in [2.24, 2.45) is 7.05 Å². The number of aromatic nitrogens is 2. The van der Waals surface area contributed by atoms with E-state index < -0.39 is 0 Å². The monoisotopic (exact) mass is 271 g/mol. The molecule has 0 saturated carbocycles. The molecule has 2 atom stereocenters. The minimum Gasteiger partial charge on any atom is -0.338 e. The number of likely N-dealkylation sites (N-methyl/N-ethyl adjacent to an activating group) is 1. The Morgan fingerprint density at radius 1 is 1.59 bits per heavy atom. The van der Waals surface area contributed by atoms with E-state index in [1.54, 1.807) is 0 Å². The second-order valence-electron chi connectivity index (χ2n) is 4.31. The SMILES string of the molecule is CCNC(Cc1nccn1C)C1CSCCS1. The van der Waals surface area contributed by atoms with Crippen molar-refractivity contribution in [3.63, 3.8) is 0 Å². The maximum atomic E-state index is 4.44. The largest absolute Gasteiger partial charge is 0.338 e. The molecule has 1 aromatic heterocycles. The van der Waals surface area contributed by atoms with Crippen molar-refractivity contribution >= 4 is 23.5 Å². The van der Waals surface area contributed by atoms with Crippen molar-refractivity contribution in [3.8, 4) is 0 Å². The molecule has 17 heavy (non-hydrogen) atoms. The lowest BCUT2D eigenvalue weighted by molar-refractivity contribution is 0.505. The topological polar surface area (TPSA) is 29.9 Å². The van der Waals surface area contributed by atoms with Gasteiger partial charge in [-0.15, -0.1) is 0 Å². The van der Waals surface area contributed by atoms with Crippen molar-refractivity contribution in [3.05, 3.63) is 18.2 Å². The Morgan fingerprint density at radius 2 is 2.47 bits per heavy atom. The first-order valence-corrected chi connectivity index (χ1v) is 8.40. The van der Waals surface area contributed by atoms with Gasteiger partial charge in [0.25, 0.3) is 0 Å². The lowest BCUT2D eigenvalue weighted by Gasteiger charge is -2.30.